The van der Waals surface area contributed by atoms with E-state index < -0.39 is 11.9 Å². The number of ether oxygens (including phenoxy) is 2. The molecular formula is C24H51K3O11. The van der Waals surface area contributed by atoms with Crippen LogP contribution >= 0.6 is 0 Å². The maximum atomic E-state index is 10.5. The van der Waals surface area contributed by atoms with Crippen molar-refractivity contribution >= 4 is 23.9 Å². The van der Waals surface area contributed by atoms with E-state index in [1.54, 1.807) is 13.8 Å². The molecule has 0 saturated carbocycles. The number of aliphatic hydroxyl groups is 2. The van der Waals surface area contributed by atoms with Crippen molar-refractivity contribution in [3.63, 3.8) is 0 Å². The van der Waals surface area contributed by atoms with Crippen molar-refractivity contribution < 1.29 is 209 Å². The van der Waals surface area contributed by atoms with Crippen LogP contribution in [0.25, 0.3) is 0 Å². The van der Waals surface area contributed by atoms with Crippen LogP contribution < -0.4 is 164 Å². The molecule has 0 aromatic rings. The van der Waals surface area contributed by atoms with Crippen LogP contribution in [0.5, 0.6) is 0 Å². The molecule has 0 aliphatic heterocycles. The number of carboxylic acids is 2. The molecule has 0 aliphatic rings. The predicted molar refractivity (Wildman–Crippen MR) is 130 cm³/mol. The molecular weight excluding hydrogens is 582 g/mol. The molecule has 216 valence electrons. The van der Waals surface area contributed by atoms with Gasteiger partial charge in [-0.25, -0.2) is 0 Å². The second-order valence-corrected chi connectivity index (χ2v) is 7.04. The first-order chi connectivity index (χ1) is 15.6. The number of methoxy groups -OCH3 is 1. The SMILES string of the molecule is CC(=O)[O-].CCC(C)C(=O)OC.CCC(C)C(=O)[O-].CCC(C)O.CCC(C)OC(C)=O.CO.[K+].[K+].[K+].[OH-]. The largest absolute Gasteiger partial charge is 1.00 e. The summed E-state index contributed by atoms with van der Waals surface area (Å²) in [5.74, 6) is -2.59. The van der Waals surface area contributed by atoms with Gasteiger partial charge in [-0.1, -0.05) is 41.5 Å². The van der Waals surface area contributed by atoms with E-state index in [-0.39, 0.29) is 196 Å². The summed E-state index contributed by atoms with van der Waals surface area (Å²) in [6.45, 7) is 17.2. The molecule has 4 atom stereocenters. The topological polar surface area (TPSA) is 203 Å². The Hall–Kier alpha value is 2.67. The fourth-order valence-electron chi connectivity index (χ4n) is 0.901. The molecule has 0 spiro atoms. The molecule has 0 fully saturated rings. The zero-order valence-corrected chi connectivity index (χ0v) is 36.1. The van der Waals surface area contributed by atoms with E-state index in [1.165, 1.54) is 14.0 Å². The maximum absolute atomic E-state index is 10.5. The van der Waals surface area contributed by atoms with Gasteiger partial charge in [0.25, 0.3) is 0 Å². The number of carboxylic acid groups (broad SMARTS) is 2. The summed E-state index contributed by atoms with van der Waals surface area (Å²) in [4.78, 5) is 39.4. The van der Waals surface area contributed by atoms with Crippen molar-refractivity contribution in [2.45, 2.75) is 107 Å². The third-order valence-electron chi connectivity index (χ3n) is 3.76. The van der Waals surface area contributed by atoms with Crippen LogP contribution in [-0.4, -0.2) is 66.0 Å². The molecule has 4 unspecified atom stereocenters. The van der Waals surface area contributed by atoms with Gasteiger partial charge in [0, 0.05) is 26.0 Å². The quantitative estimate of drug-likeness (QED) is 0.199. The molecule has 11 nitrogen and oxygen atoms in total. The molecule has 0 aromatic carbocycles. The van der Waals surface area contributed by atoms with Crippen molar-refractivity contribution in [1.82, 2.24) is 0 Å². The summed E-state index contributed by atoms with van der Waals surface area (Å²) in [7, 11) is 2.41. The van der Waals surface area contributed by atoms with E-state index in [4.69, 9.17) is 24.9 Å². The van der Waals surface area contributed by atoms with Crippen molar-refractivity contribution in [1.29, 1.82) is 0 Å². The third-order valence-corrected chi connectivity index (χ3v) is 3.76. The second kappa shape index (κ2) is 55.6. The summed E-state index contributed by atoms with van der Waals surface area (Å²) in [5.41, 5.74) is 0. The second-order valence-electron chi connectivity index (χ2n) is 7.04. The van der Waals surface area contributed by atoms with Gasteiger partial charge in [-0.2, -0.15) is 0 Å². The van der Waals surface area contributed by atoms with Gasteiger partial charge in [0.15, 0.2) is 0 Å². The monoisotopic (exact) mass is 632 g/mol. The van der Waals surface area contributed by atoms with E-state index in [1.807, 2.05) is 41.5 Å². The average Bonchev–Trinajstić information content (AvgIpc) is 2.78. The minimum atomic E-state index is -1.08. The number of carbonyl (C=O) groups excluding carboxylic acids is 4. The fraction of sp³-hybridized carbons (Fsp3) is 0.833. The van der Waals surface area contributed by atoms with Crippen LogP contribution in [0.2, 0.25) is 0 Å². The predicted octanol–water partition coefficient (Wildman–Crippen LogP) is -7.69. The molecule has 0 rings (SSSR count). The Labute approximate surface area is 358 Å². The first kappa shape index (κ1) is 68.0. The van der Waals surface area contributed by atoms with Crippen LogP contribution in [0, 0.1) is 11.8 Å². The Balaban J connectivity index is -0.0000000314. The van der Waals surface area contributed by atoms with E-state index in [0.29, 0.717) is 6.42 Å². The van der Waals surface area contributed by atoms with Gasteiger partial charge in [-0.15, -0.1) is 0 Å². The number of hydrogen-bond donors (Lipinski definition) is 2. The molecule has 0 radical (unpaired) electrons. The zero-order chi connectivity index (χ0) is 28.9. The standard InChI is InChI=1S/2C6H12O2.C5H10O2.C4H10O.C2H4O2.CH4O.3K.H2O/c1-4-5(2)6(7)8-3;1-4-5(2)8-6(3)7;1-3-4(2)5(6)7;1-3-4(2)5;1-2(3)4;1-2;;;;/h2*5H,4H2,1-3H3;4H,3H2,1-2H3,(H,6,7);4-5H,3H2,1-2H3;1H3,(H,3,4);2H,1H3;;;;1H2/q;;;;;;3*+1;/p-3. The molecule has 0 amide bonds. The molecule has 0 bridgehead atoms. The van der Waals surface area contributed by atoms with Gasteiger partial charge in [0.1, 0.15) is 0 Å². The van der Waals surface area contributed by atoms with Crippen LogP contribution in [0.15, 0.2) is 0 Å². The van der Waals surface area contributed by atoms with Crippen LogP contribution in [0.4, 0.5) is 0 Å². The minimum Gasteiger partial charge on any atom is -0.870 e. The summed E-state index contributed by atoms with van der Waals surface area (Å²) < 4.78 is 9.22. The first-order valence-corrected chi connectivity index (χ1v) is 11.3. The maximum Gasteiger partial charge on any atom is 1.00 e. The van der Waals surface area contributed by atoms with Crippen molar-refractivity contribution in [3.8, 4) is 0 Å². The van der Waals surface area contributed by atoms with Gasteiger partial charge in [0.05, 0.1) is 25.2 Å². The Morgan fingerprint density at radius 3 is 1.08 bits per heavy atom. The van der Waals surface area contributed by atoms with Crippen LogP contribution in [0.3, 0.4) is 0 Å². The van der Waals surface area contributed by atoms with Crippen molar-refractivity contribution in [2.75, 3.05) is 14.2 Å². The Morgan fingerprint density at radius 1 is 0.737 bits per heavy atom. The average molecular weight is 633 g/mol. The molecule has 38 heavy (non-hydrogen) atoms. The number of carbonyl (C=O) groups is 4. The van der Waals surface area contributed by atoms with Crippen molar-refractivity contribution in [2.24, 2.45) is 11.8 Å². The molecule has 0 aromatic heterocycles. The summed E-state index contributed by atoms with van der Waals surface area (Å²) in [6, 6.07) is 0. The molecule has 14 heteroatoms. The van der Waals surface area contributed by atoms with Crippen LogP contribution in [0.1, 0.15) is 94.9 Å². The number of hydrogen-bond acceptors (Lipinski definition) is 11. The van der Waals surface area contributed by atoms with Crippen LogP contribution in [-0.2, 0) is 28.7 Å². The van der Waals surface area contributed by atoms with E-state index in [0.717, 1.165) is 33.3 Å². The van der Waals surface area contributed by atoms with Crippen molar-refractivity contribution in [3.05, 3.63) is 0 Å². The number of esters is 2. The minimum absolute atomic E-state index is 0. The van der Waals surface area contributed by atoms with Gasteiger partial charge < -0.3 is 45.0 Å². The Bertz CT molecular complexity index is 478. The normalized spacial score (nSPS) is 10.7. The smallest absolute Gasteiger partial charge is 0.870 e. The van der Waals surface area contributed by atoms with Gasteiger partial charge in [-0.3, -0.25) is 9.59 Å². The molecule has 3 N–H and O–H groups in total. The number of aliphatic carboxylic acids is 2. The molecule has 0 aliphatic carbocycles. The molecule has 0 heterocycles. The molecule has 0 saturated heterocycles. The van der Waals surface area contributed by atoms with Gasteiger partial charge >= 0.3 is 166 Å². The summed E-state index contributed by atoms with van der Waals surface area (Å²) in [5, 5.41) is 34.1. The summed E-state index contributed by atoms with van der Waals surface area (Å²) in [6.07, 6.45) is 3.22. The number of rotatable bonds is 7. The fourth-order valence-corrected chi connectivity index (χ4v) is 0.901. The Kier molecular flexibility index (Phi) is 99.5. The van der Waals surface area contributed by atoms with Gasteiger partial charge in [0.2, 0.25) is 0 Å². The summed E-state index contributed by atoms with van der Waals surface area (Å²) >= 11 is 0. The van der Waals surface area contributed by atoms with E-state index in [2.05, 4.69) is 4.74 Å². The third kappa shape index (κ3) is 90.2. The van der Waals surface area contributed by atoms with E-state index in [9.17, 15) is 19.5 Å². The number of aliphatic hydroxyl groups excluding tert-OH is 2. The van der Waals surface area contributed by atoms with E-state index >= 15 is 0 Å². The zero-order valence-electron chi connectivity index (χ0n) is 26.7. The van der Waals surface area contributed by atoms with Gasteiger partial charge in [-0.05, 0) is 52.4 Å². The first-order valence-electron chi connectivity index (χ1n) is 11.3. The Morgan fingerprint density at radius 2 is 1.03 bits per heavy atom.